The molecule has 0 spiro atoms. The monoisotopic (exact) mass is 427 g/mol. The van der Waals surface area contributed by atoms with Gasteiger partial charge in [-0.1, -0.05) is 22.7 Å². The van der Waals surface area contributed by atoms with Crippen LogP contribution in [0.4, 0.5) is 5.13 Å². The van der Waals surface area contributed by atoms with E-state index in [4.69, 9.17) is 4.74 Å². The van der Waals surface area contributed by atoms with Crippen LogP contribution in [0, 0.1) is 6.92 Å². The maximum atomic E-state index is 12.9. The topological polar surface area (TPSA) is 89.9 Å². The summed E-state index contributed by atoms with van der Waals surface area (Å²) in [6, 6.07) is 3.72. The minimum Gasteiger partial charge on any atom is -0.444 e. The number of rotatable bonds is 4. The second kappa shape index (κ2) is 7.04. The molecule has 28 heavy (non-hydrogen) atoms. The average Bonchev–Trinajstić information content (AvgIpc) is 3.42. The third kappa shape index (κ3) is 2.99. The van der Waals surface area contributed by atoms with Gasteiger partial charge in [-0.2, -0.15) is 0 Å². The van der Waals surface area contributed by atoms with Crippen LogP contribution in [-0.2, 0) is 12.8 Å². The number of carbonyl (C=O) groups is 1. The van der Waals surface area contributed by atoms with E-state index >= 15 is 0 Å². The Morgan fingerprint density at radius 1 is 1.32 bits per heavy atom. The molecule has 0 radical (unpaired) electrons. The van der Waals surface area contributed by atoms with E-state index in [0.717, 1.165) is 34.5 Å². The molecule has 0 aliphatic heterocycles. The smallest absolute Gasteiger partial charge is 0.267 e. The molecule has 0 unspecified atom stereocenters. The number of aryl methyl sites for hydroxylation is 2. The minimum absolute atomic E-state index is 0.191. The van der Waals surface area contributed by atoms with Gasteiger partial charge < -0.3 is 4.74 Å². The Labute approximate surface area is 172 Å². The van der Waals surface area contributed by atoms with Gasteiger partial charge >= 0.3 is 0 Å². The number of hydrogen-bond donors (Lipinski definition) is 1. The fourth-order valence-electron chi connectivity index (χ4n) is 3.13. The fourth-order valence-corrected chi connectivity index (χ4v) is 5.61. The van der Waals surface area contributed by atoms with Crippen LogP contribution in [0.15, 0.2) is 30.0 Å². The number of fused-ring (bicyclic) bond motifs is 3. The second-order valence-electron chi connectivity index (χ2n) is 6.14. The Morgan fingerprint density at radius 2 is 2.25 bits per heavy atom. The highest BCUT2D eigenvalue weighted by atomic mass is 32.1. The normalized spacial score (nSPS) is 12.3. The first-order valence-electron chi connectivity index (χ1n) is 8.47. The highest BCUT2D eigenvalue weighted by molar-refractivity contribution is 7.18. The fraction of sp³-hybridized carbons (Fsp3) is 0.167. The van der Waals surface area contributed by atoms with E-state index < -0.39 is 0 Å². The van der Waals surface area contributed by atoms with E-state index in [-0.39, 0.29) is 5.91 Å². The van der Waals surface area contributed by atoms with Crippen molar-refractivity contribution < 1.29 is 9.53 Å². The Bertz CT molecular complexity index is 1170. The van der Waals surface area contributed by atoms with Crippen molar-refractivity contribution in [3.63, 3.8) is 0 Å². The van der Waals surface area contributed by atoms with E-state index in [1.54, 1.807) is 11.7 Å². The Hall–Kier alpha value is -2.69. The predicted octanol–water partition coefficient (Wildman–Crippen LogP) is 4.57. The van der Waals surface area contributed by atoms with Crippen molar-refractivity contribution in [3.8, 4) is 21.3 Å². The molecule has 0 atom stereocenters. The first-order chi connectivity index (χ1) is 13.7. The number of amides is 1. The molecule has 1 aliphatic rings. The Morgan fingerprint density at radius 3 is 3.07 bits per heavy atom. The van der Waals surface area contributed by atoms with Crippen LogP contribution < -0.4 is 10.1 Å². The van der Waals surface area contributed by atoms with Crippen LogP contribution in [0.2, 0.25) is 0 Å². The van der Waals surface area contributed by atoms with Gasteiger partial charge in [-0.05, 0) is 54.6 Å². The summed E-state index contributed by atoms with van der Waals surface area (Å²) in [4.78, 5) is 18.9. The standard InChI is InChI=1S/C18H13N5O2S3/c1-9-12(3-2-6-19-9)25-17-13-11(5-4-10-7-21-28-14(10)13)15(27-17)16(24)22-18-23-20-8-26-18/h2-3,6-8H,4-5H2,1H3,(H,22,23,24). The lowest BCUT2D eigenvalue weighted by Crippen LogP contribution is -2.13. The quantitative estimate of drug-likeness (QED) is 0.513. The van der Waals surface area contributed by atoms with Gasteiger partial charge in [0.15, 0.2) is 5.06 Å². The number of nitrogens with one attached hydrogen (secondary N) is 1. The van der Waals surface area contributed by atoms with Crippen molar-refractivity contribution in [2.45, 2.75) is 19.8 Å². The summed E-state index contributed by atoms with van der Waals surface area (Å²) in [6.45, 7) is 1.90. The molecule has 4 heterocycles. The summed E-state index contributed by atoms with van der Waals surface area (Å²) in [5.74, 6) is 0.489. The second-order valence-corrected chi connectivity index (χ2v) is 8.76. The van der Waals surface area contributed by atoms with Gasteiger partial charge in [-0.15, -0.1) is 10.2 Å². The van der Waals surface area contributed by atoms with Gasteiger partial charge in [0.2, 0.25) is 5.13 Å². The van der Waals surface area contributed by atoms with Crippen molar-refractivity contribution in [1.29, 1.82) is 0 Å². The lowest BCUT2D eigenvalue weighted by Gasteiger charge is -2.14. The number of ether oxygens (including phenoxy) is 1. The van der Waals surface area contributed by atoms with Crippen LogP contribution in [-0.4, -0.2) is 25.5 Å². The molecule has 10 heteroatoms. The van der Waals surface area contributed by atoms with Crippen molar-refractivity contribution in [1.82, 2.24) is 19.6 Å². The third-order valence-corrected chi connectivity index (χ3v) is 7.01. The van der Waals surface area contributed by atoms with Gasteiger partial charge in [0.1, 0.15) is 11.3 Å². The van der Waals surface area contributed by atoms with E-state index in [2.05, 4.69) is 24.9 Å². The third-order valence-electron chi connectivity index (χ3n) is 4.44. The molecule has 7 nitrogen and oxygen atoms in total. The summed E-state index contributed by atoms with van der Waals surface area (Å²) < 4.78 is 10.6. The molecule has 0 fully saturated rings. The summed E-state index contributed by atoms with van der Waals surface area (Å²) >= 11 is 4.07. The summed E-state index contributed by atoms with van der Waals surface area (Å²) in [6.07, 6.45) is 5.26. The molecule has 0 saturated carbocycles. The highest BCUT2D eigenvalue weighted by Crippen LogP contribution is 2.50. The van der Waals surface area contributed by atoms with Crippen molar-refractivity contribution in [3.05, 3.63) is 51.7 Å². The van der Waals surface area contributed by atoms with Gasteiger partial charge in [0, 0.05) is 12.4 Å². The van der Waals surface area contributed by atoms with E-state index in [1.165, 1.54) is 39.8 Å². The number of pyridine rings is 1. The van der Waals surface area contributed by atoms with Crippen molar-refractivity contribution >= 4 is 45.2 Å². The van der Waals surface area contributed by atoms with E-state index in [1.807, 2.05) is 25.3 Å². The van der Waals surface area contributed by atoms with Crippen LogP contribution in [0.25, 0.3) is 10.4 Å². The number of carbonyl (C=O) groups excluding carboxylic acids is 1. The molecule has 0 saturated heterocycles. The number of hydrogen-bond acceptors (Lipinski definition) is 9. The molecule has 1 aliphatic carbocycles. The number of aromatic nitrogens is 4. The largest absolute Gasteiger partial charge is 0.444 e. The van der Waals surface area contributed by atoms with Gasteiger partial charge in [-0.3, -0.25) is 15.1 Å². The number of nitrogens with zero attached hydrogens (tertiary/aromatic N) is 4. The zero-order valence-electron chi connectivity index (χ0n) is 14.6. The molecule has 0 bridgehead atoms. The number of anilines is 1. The molecule has 5 rings (SSSR count). The molecule has 140 valence electrons. The zero-order valence-corrected chi connectivity index (χ0v) is 17.1. The lowest BCUT2D eigenvalue weighted by atomic mass is 9.93. The summed E-state index contributed by atoms with van der Waals surface area (Å²) in [5, 5.41) is 11.7. The van der Waals surface area contributed by atoms with Gasteiger partial charge in [-0.25, -0.2) is 4.37 Å². The maximum Gasteiger partial charge on any atom is 0.267 e. The van der Waals surface area contributed by atoms with Gasteiger partial charge in [0.05, 0.1) is 21.0 Å². The molecule has 0 aromatic carbocycles. The molecule has 4 aromatic heterocycles. The van der Waals surface area contributed by atoms with Crippen molar-refractivity contribution in [2.75, 3.05) is 5.32 Å². The molecule has 1 N–H and O–H groups in total. The lowest BCUT2D eigenvalue weighted by molar-refractivity contribution is 0.102. The first-order valence-corrected chi connectivity index (χ1v) is 10.9. The molecule has 1 amide bonds. The number of thiophene rings is 1. The van der Waals surface area contributed by atoms with E-state index in [9.17, 15) is 4.79 Å². The van der Waals surface area contributed by atoms with E-state index in [0.29, 0.717) is 20.8 Å². The van der Waals surface area contributed by atoms with Crippen LogP contribution in [0.5, 0.6) is 10.8 Å². The van der Waals surface area contributed by atoms with Crippen LogP contribution >= 0.6 is 34.2 Å². The predicted molar refractivity (Wildman–Crippen MR) is 110 cm³/mol. The van der Waals surface area contributed by atoms with Crippen LogP contribution in [0.1, 0.15) is 26.5 Å². The highest BCUT2D eigenvalue weighted by Gasteiger charge is 2.31. The molecular formula is C18H13N5O2S3. The maximum absolute atomic E-state index is 12.9. The molecular weight excluding hydrogens is 414 g/mol. The first kappa shape index (κ1) is 17.4. The summed E-state index contributed by atoms with van der Waals surface area (Å²) in [5.41, 5.74) is 5.55. The van der Waals surface area contributed by atoms with Crippen LogP contribution in [0.3, 0.4) is 0 Å². The Balaban J connectivity index is 1.60. The Kier molecular flexibility index (Phi) is 4.38. The zero-order chi connectivity index (χ0) is 19.1. The SMILES string of the molecule is Cc1ncccc1Oc1sc(C(=O)Nc2nncs2)c2c1-c1sncc1CC2. The average molecular weight is 428 g/mol. The molecule has 4 aromatic rings. The minimum atomic E-state index is -0.191. The van der Waals surface area contributed by atoms with Gasteiger partial charge in [0.25, 0.3) is 5.91 Å². The summed E-state index contributed by atoms with van der Waals surface area (Å²) in [7, 11) is 0. The van der Waals surface area contributed by atoms with Crippen molar-refractivity contribution in [2.24, 2.45) is 0 Å².